The molecule has 3 aromatic rings. The number of amides is 1. The van der Waals surface area contributed by atoms with Crippen LogP contribution < -0.4 is 10.1 Å². The first-order valence-electron chi connectivity index (χ1n) is 10.7. The molecular formula is C21H23F2N7O3. The summed E-state index contributed by atoms with van der Waals surface area (Å²) >= 11 is 0. The fraction of sp³-hybridized carbons (Fsp3) is 0.476. The second kappa shape index (κ2) is 7.87. The van der Waals surface area contributed by atoms with Crippen LogP contribution in [0, 0.1) is 0 Å². The van der Waals surface area contributed by atoms with Gasteiger partial charge in [0.1, 0.15) is 28.4 Å². The van der Waals surface area contributed by atoms with Gasteiger partial charge in [-0.25, -0.2) is 13.8 Å². The zero-order valence-electron chi connectivity index (χ0n) is 18.1. The first-order valence-corrected chi connectivity index (χ1v) is 10.7. The summed E-state index contributed by atoms with van der Waals surface area (Å²) in [4.78, 5) is 17.5. The van der Waals surface area contributed by atoms with Crippen molar-refractivity contribution in [1.29, 1.82) is 0 Å². The summed E-state index contributed by atoms with van der Waals surface area (Å²) in [7, 11) is 1.31. The Morgan fingerprint density at radius 2 is 2.12 bits per heavy atom. The summed E-state index contributed by atoms with van der Waals surface area (Å²) in [6.07, 6.45) is -0.835. The number of aliphatic hydroxyl groups excluding tert-OH is 1. The monoisotopic (exact) mass is 459 g/mol. The second-order valence-corrected chi connectivity index (χ2v) is 8.52. The van der Waals surface area contributed by atoms with Crippen molar-refractivity contribution in [2.45, 2.75) is 56.7 Å². The van der Waals surface area contributed by atoms with Crippen LogP contribution in [0.3, 0.4) is 0 Å². The number of carbonyl (C=O) groups excluding carboxylic acids is 1. The van der Waals surface area contributed by atoms with Crippen LogP contribution in [0.5, 0.6) is 5.88 Å². The summed E-state index contributed by atoms with van der Waals surface area (Å²) < 4.78 is 35.7. The molecule has 1 fully saturated rings. The third-order valence-corrected chi connectivity index (χ3v) is 6.37. The summed E-state index contributed by atoms with van der Waals surface area (Å²) in [5, 5.41) is 24.8. The molecule has 1 aliphatic heterocycles. The van der Waals surface area contributed by atoms with Crippen molar-refractivity contribution < 1.29 is 23.4 Å². The lowest BCUT2D eigenvalue weighted by Gasteiger charge is -2.44. The van der Waals surface area contributed by atoms with E-state index in [1.54, 1.807) is 18.2 Å². The standard InChI is InChI=1S/C21H23F2N7O3/c1-11-6-7-16-26-27-17(30(11)16)14-4-3-5-15(24-14)25-18(32)13-10-29(28-19(13)33-2)21(20(22)23)8-12(31)9-21/h3-5,10-12,20,31H,6-9H2,1-2H3,(H,24,25,32)/t11-,12?,21?/m0/s1. The molecule has 3 aromatic heterocycles. The molecule has 2 N–H and O–H groups in total. The molecule has 1 saturated carbocycles. The highest BCUT2D eigenvalue weighted by Gasteiger charge is 2.53. The van der Waals surface area contributed by atoms with Crippen molar-refractivity contribution in [3.63, 3.8) is 0 Å². The molecule has 4 heterocycles. The molecule has 1 amide bonds. The number of hydrogen-bond donors (Lipinski definition) is 2. The van der Waals surface area contributed by atoms with Crippen LogP contribution in [0.4, 0.5) is 14.6 Å². The number of fused-ring (bicyclic) bond motifs is 1. The topological polar surface area (TPSA) is 120 Å². The average Bonchev–Trinajstić information content (AvgIpc) is 3.47. The molecule has 2 aliphatic rings. The van der Waals surface area contributed by atoms with Crippen LogP contribution in [-0.4, -0.2) is 60.2 Å². The SMILES string of the molecule is COc1nn(C2(C(F)F)CC(O)C2)cc1C(=O)Nc1cccc(-c2nnc3n2[C@@H](C)CC3)n1. The van der Waals surface area contributed by atoms with Gasteiger partial charge in [-0.05, 0) is 25.5 Å². The molecule has 1 atom stereocenters. The highest BCUT2D eigenvalue weighted by atomic mass is 19.3. The van der Waals surface area contributed by atoms with Crippen LogP contribution >= 0.6 is 0 Å². The minimum atomic E-state index is -2.76. The Labute approximate surface area is 187 Å². The maximum Gasteiger partial charge on any atom is 0.263 e. The van der Waals surface area contributed by atoms with Crippen molar-refractivity contribution in [3.8, 4) is 17.4 Å². The Bertz CT molecular complexity index is 1200. The number of aliphatic hydroxyl groups is 1. The highest BCUT2D eigenvalue weighted by molar-refractivity contribution is 6.05. The summed E-state index contributed by atoms with van der Waals surface area (Å²) in [5.74, 6) is 1.10. The van der Waals surface area contributed by atoms with Gasteiger partial charge < -0.3 is 19.7 Å². The van der Waals surface area contributed by atoms with E-state index in [4.69, 9.17) is 4.74 Å². The van der Waals surface area contributed by atoms with Gasteiger partial charge in [-0.1, -0.05) is 6.07 Å². The van der Waals surface area contributed by atoms with Crippen LogP contribution in [0.1, 0.15) is 48.4 Å². The maximum atomic E-state index is 13.8. The Hall–Kier alpha value is -3.41. The number of aromatic nitrogens is 6. The molecule has 12 heteroatoms. The van der Waals surface area contributed by atoms with Crippen molar-refractivity contribution in [2.75, 3.05) is 12.4 Å². The molecule has 0 radical (unpaired) electrons. The quantitative estimate of drug-likeness (QED) is 0.581. The van der Waals surface area contributed by atoms with E-state index in [2.05, 4.69) is 32.5 Å². The zero-order chi connectivity index (χ0) is 23.3. The Kier molecular flexibility index (Phi) is 5.11. The van der Waals surface area contributed by atoms with Crippen LogP contribution in [0.25, 0.3) is 11.5 Å². The number of nitrogens with one attached hydrogen (secondary N) is 1. The molecule has 5 rings (SSSR count). The molecule has 174 valence electrons. The normalized spacial score (nSPS) is 23.9. The highest BCUT2D eigenvalue weighted by Crippen LogP contribution is 2.44. The predicted octanol–water partition coefficient (Wildman–Crippen LogP) is 2.42. The van der Waals surface area contributed by atoms with E-state index in [0.717, 1.165) is 23.3 Å². The molecule has 0 aromatic carbocycles. The summed E-state index contributed by atoms with van der Waals surface area (Å²) in [6.45, 7) is 2.09. The van der Waals surface area contributed by atoms with Crippen molar-refractivity contribution >= 4 is 11.7 Å². The Morgan fingerprint density at radius 3 is 2.82 bits per heavy atom. The van der Waals surface area contributed by atoms with Crippen molar-refractivity contribution in [3.05, 3.63) is 35.8 Å². The number of carbonyl (C=O) groups is 1. The number of anilines is 1. The van der Waals surface area contributed by atoms with Gasteiger partial charge in [0.25, 0.3) is 12.3 Å². The fourth-order valence-electron chi connectivity index (χ4n) is 4.53. The first-order chi connectivity index (χ1) is 15.8. The van der Waals surface area contributed by atoms with E-state index in [1.807, 2.05) is 4.57 Å². The molecule has 0 unspecified atom stereocenters. The first kappa shape index (κ1) is 21.4. The molecule has 1 aliphatic carbocycles. The fourth-order valence-corrected chi connectivity index (χ4v) is 4.53. The van der Waals surface area contributed by atoms with Gasteiger partial charge in [-0.15, -0.1) is 15.3 Å². The van der Waals surface area contributed by atoms with E-state index in [0.29, 0.717) is 11.5 Å². The smallest absolute Gasteiger partial charge is 0.263 e. The van der Waals surface area contributed by atoms with Crippen LogP contribution in [0.15, 0.2) is 24.4 Å². The summed E-state index contributed by atoms with van der Waals surface area (Å²) in [5.41, 5.74) is -1.11. The lowest BCUT2D eigenvalue weighted by molar-refractivity contribution is -0.119. The average molecular weight is 459 g/mol. The van der Waals surface area contributed by atoms with Gasteiger partial charge in [0.05, 0.1) is 13.2 Å². The van der Waals surface area contributed by atoms with E-state index >= 15 is 0 Å². The van der Waals surface area contributed by atoms with Crippen LogP contribution in [0.2, 0.25) is 0 Å². The third-order valence-electron chi connectivity index (χ3n) is 6.37. The van der Waals surface area contributed by atoms with Gasteiger partial charge in [-0.3, -0.25) is 9.48 Å². The number of hydrogen-bond acceptors (Lipinski definition) is 7. The zero-order valence-corrected chi connectivity index (χ0v) is 18.1. The number of pyridine rings is 1. The molecule has 0 spiro atoms. The van der Waals surface area contributed by atoms with Crippen molar-refractivity contribution in [2.24, 2.45) is 0 Å². The molecule has 0 bridgehead atoms. The van der Waals surface area contributed by atoms with E-state index in [-0.39, 0.29) is 36.1 Å². The number of rotatable bonds is 6. The lowest BCUT2D eigenvalue weighted by atomic mass is 9.74. The lowest BCUT2D eigenvalue weighted by Crippen LogP contribution is -2.54. The maximum absolute atomic E-state index is 13.8. The van der Waals surface area contributed by atoms with E-state index < -0.39 is 24.0 Å². The number of ether oxygens (including phenoxy) is 1. The number of aryl methyl sites for hydroxylation is 1. The minimum absolute atomic E-state index is 0.0110. The molecule has 10 nitrogen and oxygen atoms in total. The summed E-state index contributed by atoms with van der Waals surface area (Å²) in [6, 6.07) is 5.39. The van der Waals surface area contributed by atoms with Crippen molar-refractivity contribution in [1.82, 2.24) is 29.5 Å². The number of halogens is 2. The van der Waals surface area contributed by atoms with Gasteiger partial charge in [0, 0.05) is 31.5 Å². The van der Waals surface area contributed by atoms with Gasteiger partial charge >= 0.3 is 0 Å². The third kappa shape index (κ3) is 3.45. The second-order valence-electron chi connectivity index (χ2n) is 8.52. The Balaban J connectivity index is 1.41. The molecule has 0 saturated heterocycles. The number of alkyl halides is 2. The van der Waals surface area contributed by atoms with E-state index in [1.165, 1.54) is 13.3 Å². The number of nitrogens with zero attached hydrogens (tertiary/aromatic N) is 6. The van der Waals surface area contributed by atoms with Gasteiger partial charge in [0.15, 0.2) is 5.82 Å². The Morgan fingerprint density at radius 1 is 1.33 bits per heavy atom. The molecular weight excluding hydrogens is 436 g/mol. The van der Waals surface area contributed by atoms with Gasteiger partial charge in [-0.2, -0.15) is 0 Å². The largest absolute Gasteiger partial charge is 0.479 e. The molecule has 33 heavy (non-hydrogen) atoms. The van der Waals surface area contributed by atoms with Gasteiger partial charge in [0.2, 0.25) is 5.88 Å². The van der Waals surface area contributed by atoms with Crippen LogP contribution in [-0.2, 0) is 12.0 Å². The predicted molar refractivity (Wildman–Crippen MR) is 112 cm³/mol. The number of methoxy groups -OCH3 is 1. The minimum Gasteiger partial charge on any atom is -0.479 e. The van der Waals surface area contributed by atoms with E-state index in [9.17, 15) is 18.7 Å².